The lowest BCUT2D eigenvalue weighted by atomic mass is 9.84. The average molecular weight is 498 g/mol. The molecule has 3 aromatic rings. The van der Waals surface area contributed by atoms with E-state index < -0.39 is 0 Å². The molecule has 1 saturated heterocycles. The number of fused-ring (bicyclic) bond motifs is 1. The molecule has 1 saturated carbocycles. The second kappa shape index (κ2) is 9.59. The number of nitrogens with zero attached hydrogens (tertiary/aromatic N) is 3. The topological polar surface area (TPSA) is 35.9 Å². The van der Waals surface area contributed by atoms with E-state index in [0.29, 0.717) is 11.1 Å². The summed E-state index contributed by atoms with van der Waals surface area (Å²) in [6.45, 7) is 0. The fourth-order valence-electron chi connectivity index (χ4n) is 5.05. The lowest BCUT2D eigenvalue weighted by molar-refractivity contribution is -0.113. The van der Waals surface area contributed by atoms with E-state index >= 15 is 0 Å². The Morgan fingerprint density at radius 3 is 2.29 bits per heavy atom. The van der Waals surface area contributed by atoms with E-state index in [2.05, 4.69) is 41.3 Å². The second-order valence-electron chi connectivity index (χ2n) is 9.16. The van der Waals surface area contributed by atoms with Crippen LogP contribution >= 0.6 is 23.5 Å². The highest BCUT2D eigenvalue weighted by Crippen LogP contribution is 2.50. The molecule has 0 bridgehead atoms. The maximum Gasteiger partial charge on any atom is 0.274 e. The molecule has 0 spiro atoms. The molecule has 0 N–H and O–H groups in total. The normalized spacial score (nSPS) is 21.7. The van der Waals surface area contributed by atoms with Crippen LogP contribution in [0.2, 0.25) is 0 Å². The van der Waals surface area contributed by atoms with Gasteiger partial charge in [-0.2, -0.15) is 0 Å². The van der Waals surface area contributed by atoms with Gasteiger partial charge in [-0.25, -0.2) is 4.99 Å². The Bertz CT molecular complexity index is 1310. The zero-order valence-corrected chi connectivity index (χ0v) is 21.3. The Labute approximate surface area is 215 Å². The van der Waals surface area contributed by atoms with E-state index in [1.165, 1.54) is 54.3 Å². The first kappa shape index (κ1) is 22.5. The van der Waals surface area contributed by atoms with Gasteiger partial charge in [-0.3, -0.25) is 9.69 Å². The van der Waals surface area contributed by atoms with Gasteiger partial charge in [0.25, 0.3) is 5.91 Å². The number of amides is 1. The standard InChI is InChI=1S/C29H27N3OS2/c1-31-24-14-8-9-15-25(24)34-28(31)26-27(33)32(23-12-6-3-7-13-23)29(35-26)30-22-18-16-21(17-19-22)20-10-4-2-5-11-20/h3,6-9,12-20H,2,4-5,10-11H2,1H3/b28-26-,30-29?. The number of benzene rings is 3. The highest BCUT2D eigenvalue weighted by atomic mass is 32.2. The maximum atomic E-state index is 13.8. The number of aliphatic imine (C=N–C) groups is 1. The summed E-state index contributed by atoms with van der Waals surface area (Å²) in [6.07, 6.45) is 6.58. The van der Waals surface area contributed by atoms with Crippen molar-refractivity contribution < 1.29 is 4.79 Å². The van der Waals surface area contributed by atoms with Gasteiger partial charge in [0.1, 0.15) is 4.91 Å². The molecule has 35 heavy (non-hydrogen) atoms. The van der Waals surface area contributed by atoms with E-state index in [9.17, 15) is 4.79 Å². The lowest BCUT2D eigenvalue weighted by Crippen LogP contribution is -2.29. The molecule has 176 valence electrons. The number of thioether (sulfide) groups is 2. The van der Waals surface area contributed by atoms with Crippen molar-refractivity contribution >= 4 is 51.7 Å². The molecule has 2 fully saturated rings. The summed E-state index contributed by atoms with van der Waals surface area (Å²) in [5.41, 5.74) is 4.25. The number of hydrogen-bond acceptors (Lipinski definition) is 5. The number of hydrogen-bond donors (Lipinski definition) is 0. The van der Waals surface area contributed by atoms with Crippen LogP contribution in [-0.4, -0.2) is 18.1 Å². The lowest BCUT2D eigenvalue weighted by Gasteiger charge is -2.22. The van der Waals surface area contributed by atoms with E-state index in [0.717, 1.165) is 27.0 Å². The first-order chi connectivity index (χ1) is 17.2. The van der Waals surface area contributed by atoms with Crippen molar-refractivity contribution in [2.24, 2.45) is 4.99 Å². The molecule has 4 nitrogen and oxygen atoms in total. The highest BCUT2D eigenvalue weighted by Gasteiger charge is 2.40. The monoisotopic (exact) mass is 497 g/mol. The third-order valence-electron chi connectivity index (χ3n) is 6.92. The first-order valence-electron chi connectivity index (χ1n) is 12.2. The fourth-order valence-corrected chi connectivity index (χ4v) is 7.40. The molecule has 0 radical (unpaired) electrons. The summed E-state index contributed by atoms with van der Waals surface area (Å²) in [5, 5.41) is 1.65. The van der Waals surface area contributed by atoms with E-state index in [-0.39, 0.29) is 5.91 Å². The minimum atomic E-state index is -0.0269. The summed E-state index contributed by atoms with van der Waals surface area (Å²) in [5.74, 6) is 0.641. The van der Waals surface area contributed by atoms with Crippen LogP contribution in [0.15, 0.2) is 98.7 Å². The van der Waals surface area contributed by atoms with Gasteiger partial charge in [-0.1, -0.05) is 73.5 Å². The van der Waals surface area contributed by atoms with Gasteiger partial charge in [-0.05, 0) is 72.5 Å². The van der Waals surface area contributed by atoms with E-state index in [1.807, 2.05) is 49.5 Å². The summed E-state index contributed by atoms with van der Waals surface area (Å²) < 4.78 is 0. The number of anilines is 2. The largest absolute Gasteiger partial charge is 0.337 e. The number of amidine groups is 1. The molecule has 6 rings (SSSR count). The molecule has 0 aromatic heterocycles. The van der Waals surface area contributed by atoms with Gasteiger partial charge in [-0.15, -0.1) is 0 Å². The SMILES string of the molecule is CN1/C(=C2/SC(=Nc3ccc(C4CCCCC4)cc3)N(c3ccccc3)C2=O)Sc2ccccc21. The molecule has 0 unspecified atom stereocenters. The molecule has 2 aliphatic heterocycles. The van der Waals surface area contributed by atoms with E-state index in [1.54, 1.807) is 16.7 Å². The van der Waals surface area contributed by atoms with Crippen LogP contribution < -0.4 is 9.80 Å². The average Bonchev–Trinajstić information content (AvgIpc) is 3.41. The van der Waals surface area contributed by atoms with Gasteiger partial charge >= 0.3 is 0 Å². The maximum absolute atomic E-state index is 13.8. The Hall–Kier alpha value is -2.96. The molecule has 0 atom stereocenters. The van der Waals surface area contributed by atoms with Gasteiger partial charge in [0.2, 0.25) is 0 Å². The Kier molecular flexibility index (Phi) is 6.17. The van der Waals surface area contributed by atoms with Crippen LogP contribution in [0, 0.1) is 0 Å². The Morgan fingerprint density at radius 1 is 0.829 bits per heavy atom. The molecular weight excluding hydrogens is 470 g/mol. The van der Waals surface area contributed by atoms with Crippen molar-refractivity contribution in [2.45, 2.75) is 42.9 Å². The highest BCUT2D eigenvalue weighted by molar-refractivity contribution is 8.20. The van der Waals surface area contributed by atoms with Crippen molar-refractivity contribution in [1.29, 1.82) is 0 Å². The number of carbonyl (C=O) groups excluding carboxylic acids is 1. The summed E-state index contributed by atoms with van der Waals surface area (Å²) in [4.78, 5) is 24.5. The molecule has 3 aromatic carbocycles. The van der Waals surface area contributed by atoms with Gasteiger partial charge in [0, 0.05) is 11.9 Å². The van der Waals surface area contributed by atoms with Crippen LogP contribution in [0.25, 0.3) is 0 Å². The molecule has 1 amide bonds. The van der Waals surface area contributed by atoms with Gasteiger partial charge in [0.05, 0.1) is 22.1 Å². The van der Waals surface area contributed by atoms with Crippen molar-refractivity contribution in [2.75, 3.05) is 16.8 Å². The predicted octanol–water partition coefficient (Wildman–Crippen LogP) is 7.91. The first-order valence-corrected chi connectivity index (χ1v) is 13.8. The van der Waals surface area contributed by atoms with Crippen LogP contribution in [0.5, 0.6) is 0 Å². The third kappa shape index (κ3) is 4.30. The molecule has 6 heteroatoms. The predicted molar refractivity (Wildman–Crippen MR) is 149 cm³/mol. The van der Waals surface area contributed by atoms with Gasteiger partial charge in [0.15, 0.2) is 5.17 Å². The van der Waals surface area contributed by atoms with Gasteiger partial charge < -0.3 is 4.90 Å². The number of rotatable bonds is 3. The number of carbonyl (C=O) groups is 1. The van der Waals surface area contributed by atoms with Crippen molar-refractivity contribution in [3.05, 3.63) is 94.4 Å². The van der Waals surface area contributed by atoms with Crippen LogP contribution in [0.4, 0.5) is 17.1 Å². The Morgan fingerprint density at radius 2 is 1.54 bits per heavy atom. The smallest absolute Gasteiger partial charge is 0.274 e. The van der Waals surface area contributed by atoms with Crippen molar-refractivity contribution in [1.82, 2.24) is 0 Å². The van der Waals surface area contributed by atoms with Crippen LogP contribution in [0.1, 0.15) is 43.6 Å². The molecule has 1 aliphatic carbocycles. The van der Waals surface area contributed by atoms with Crippen molar-refractivity contribution in [3.63, 3.8) is 0 Å². The molecular formula is C29H27N3OS2. The van der Waals surface area contributed by atoms with Crippen LogP contribution in [0.3, 0.4) is 0 Å². The summed E-state index contributed by atoms with van der Waals surface area (Å²) >= 11 is 3.11. The number of para-hydroxylation sites is 2. The summed E-state index contributed by atoms with van der Waals surface area (Å²) in [7, 11) is 2.03. The fraction of sp³-hybridized carbons (Fsp3) is 0.241. The van der Waals surface area contributed by atoms with Crippen LogP contribution in [-0.2, 0) is 4.79 Å². The minimum absolute atomic E-state index is 0.0269. The Balaban J connectivity index is 1.36. The zero-order valence-electron chi connectivity index (χ0n) is 19.7. The zero-order chi connectivity index (χ0) is 23.8. The second-order valence-corrected chi connectivity index (χ2v) is 11.2. The third-order valence-corrected chi connectivity index (χ3v) is 9.32. The van der Waals surface area contributed by atoms with Crippen molar-refractivity contribution in [3.8, 4) is 0 Å². The molecule has 2 heterocycles. The van der Waals surface area contributed by atoms with E-state index in [4.69, 9.17) is 4.99 Å². The quantitative estimate of drug-likeness (QED) is 0.344. The minimum Gasteiger partial charge on any atom is -0.337 e. The summed E-state index contributed by atoms with van der Waals surface area (Å²) in [6, 6.07) is 26.7. The molecule has 3 aliphatic rings.